The Hall–Kier alpha value is -0.820. The summed E-state index contributed by atoms with van der Waals surface area (Å²) < 4.78 is 0. The smallest absolute Gasteiger partial charge is 0.00766 e. The first kappa shape index (κ1) is 12.3. The summed E-state index contributed by atoms with van der Waals surface area (Å²) >= 11 is 0. The minimum Gasteiger partial charge on any atom is -0.327 e. The van der Waals surface area contributed by atoms with Gasteiger partial charge >= 0.3 is 0 Å². The van der Waals surface area contributed by atoms with Crippen molar-refractivity contribution in [2.24, 2.45) is 5.73 Å². The number of rotatable bonds is 5. The lowest BCUT2D eigenvalue weighted by Crippen LogP contribution is -2.21. The third-order valence-electron chi connectivity index (χ3n) is 2.96. The van der Waals surface area contributed by atoms with Gasteiger partial charge in [0.25, 0.3) is 0 Å². The highest BCUT2D eigenvalue weighted by Gasteiger charge is 2.03. The van der Waals surface area contributed by atoms with Crippen LogP contribution in [-0.2, 0) is 12.8 Å². The zero-order valence-corrected chi connectivity index (χ0v) is 10.2. The van der Waals surface area contributed by atoms with Gasteiger partial charge in [-0.25, -0.2) is 0 Å². The Morgan fingerprint density at radius 3 is 2.60 bits per heavy atom. The maximum absolute atomic E-state index is 5.97. The van der Waals surface area contributed by atoms with Gasteiger partial charge in [-0.3, -0.25) is 0 Å². The van der Waals surface area contributed by atoms with Crippen LogP contribution in [0.4, 0.5) is 0 Å². The zero-order valence-electron chi connectivity index (χ0n) is 10.2. The van der Waals surface area contributed by atoms with Gasteiger partial charge in [-0.2, -0.15) is 0 Å². The molecule has 0 saturated heterocycles. The molecule has 2 N–H and O–H groups in total. The fourth-order valence-electron chi connectivity index (χ4n) is 1.84. The Kier molecular flexibility index (Phi) is 4.83. The molecule has 1 unspecified atom stereocenters. The summed E-state index contributed by atoms with van der Waals surface area (Å²) in [5.74, 6) is 0. The van der Waals surface area contributed by atoms with E-state index < -0.39 is 0 Å². The van der Waals surface area contributed by atoms with Gasteiger partial charge in [0.1, 0.15) is 0 Å². The molecule has 0 fully saturated rings. The molecule has 0 aromatic heterocycles. The monoisotopic (exact) mass is 205 g/mol. The molecule has 0 aliphatic rings. The SMILES string of the molecule is CCCc1cc(CC(N)CC)ccc1C. The molecule has 1 aromatic rings. The predicted molar refractivity (Wildman–Crippen MR) is 67.1 cm³/mol. The lowest BCUT2D eigenvalue weighted by atomic mass is 9.97. The van der Waals surface area contributed by atoms with Crippen LogP contribution in [0.5, 0.6) is 0 Å². The van der Waals surface area contributed by atoms with Crippen LogP contribution in [-0.4, -0.2) is 6.04 Å². The minimum atomic E-state index is 0.308. The molecular weight excluding hydrogens is 182 g/mol. The highest BCUT2D eigenvalue weighted by Crippen LogP contribution is 2.14. The summed E-state index contributed by atoms with van der Waals surface area (Å²) in [5.41, 5.74) is 10.2. The van der Waals surface area contributed by atoms with E-state index in [-0.39, 0.29) is 0 Å². The van der Waals surface area contributed by atoms with E-state index >= 15 is 0 Å². The number of benzene rings is 1. The van der Waals surface area contributed by atoms with Crippen LogP contribution in [0.2, 0.25) is 0 Å². The Morgan fingerprint density at radius 2 is 2.00 bits per heavy atom. The Morgan fingerprint density at radius 1 is 1.27 bits per heavy atom. The molecule has 1 atom stereocenters. The molecule has 1 heteroatoms. The third-order valence-corrected chi connectivity index (χ3v) is 2.96. The van der Waals surface area contributed by atoms with Crippen molar-refractivity contribution < 1.29 is 0 Å². The molecule has 1 aromatic carbocycles. The first-order valence-corrected chi connectivity index (χ1v) is 6.01. The van der Waals surface area contributed by atoms with Gasteiger partial charge in [-0.05, 0) is 42.9 Å². The van der Waals surface area contributed by atoms with Crippen molar-refractivity contribution in [2.45, 2.75) is 52.5 Å². The summed E-state index contributed by atoms with van der Waals surface area (Å²) in [7, 11) is 0. The van der Waals surface area contributed by atoms with Gasteiger partial charge in [0.05, 0.1) is 0 Å². The second-order valence-corrected chi connectivity index (χ2v) is 4.38. The van der Waals surface area contributed by atoms with Crippen LogP contribution in [0.25, 0.3) is 0 Å². The van der Waals surface area contributed by atoms with E-state index in [0.717, 1.165) is 12.8 Å². The topological polar surface area (TPSA) is 26.0 Å². The van der Waals surface area contributed by atoms with Gasteiger partial charge in [-0.1, -0.05) is 38.5 Å². The van der Waals surface area contributed by atoms with Gasteiger partial charge in [0.15, 0.2) is 0 Å². The average Bonchev–Trinajstić information content (AvgIpc) is 2.23. The van der Waals surface area contributed by atoms with Crippen molar-refractivity contribution >= 4 is 0 Å². The Labute approximate surface area is 93.7 Å². The van der Waals surface area contributed by atoms with Crippen LogP contribution in [0.15, 0.2) is 18.2 Å². The molecule has 1 rings (SSSR count). The van der Waals surface area contributed by atoms with Crippen molar-refractivity contribution in [3.8, 4) is 0 Å². The average molecular weight is 205 g/mol. The molecule has 0 saturated carbocycles. The molecule has 0 bridgehead atoms. The van der Waals surface area contributed by atoms with E-state index in [0.29, 0.717) is 6.04 Å². The van der Waals surface area contributed by atoms with Crippen LogP contribution in [0, 0.1) is 6.92 Å². The van der Waals surface area contributed by atoms with Crippen molar-refractivity contribution in [3.63, 3.8) is 0 Å². The van der Waals surface area contributed by atoms with Gasteiger partial charge in [0, 0.05) is 6.04 Å². The van der Waals surface area contributed by atoms with Crippen LogP contribution >= 0.6 is 0 Å². The molecule has 1 nitrogen and oxygen atoms in total. The number of nitrogens with two attached hydrogens (primary N) is 1. The number of hydrogen-bond donors (Lipinski definition) is 1. The first-order valence-electron chi connectivity index (χ1n) is 6.01. The van der Waals surface area contributed by atoms with Crippen molar-refractivity contribution in [1.29, 1.82) is 0 Å². The molecular formula is C14H23N. The lowest BCUT2D eigenvalue weighted by molar-refractivity contribution is 0.645. The number of aryl methyl sites for hydroxylation is 2. The maximum Gasteiger partial charge on any atom is 0.00766 e. The molecule has 0 heterocycles. The fourth-order valence-corrected chi connectivity index (χ4v) is 1.84. The quantitative estimate of drug-likeness (QED) is 0.784. The largest absolute Gasteiger partial charge is 0.327 e. The molecule has 15 heavy (non-hydrogen) atoms. The van der Waals surface area contributed by atoms with Crippen molar-refractivity contribution in [3.05, 3.63) is 34.9 Å². The number of hydrogen-bond acceptors (Lipinski definition) is 1. The molecule has 0 aliphatic carbocycles. The maximum atomic E-state index is 5.97. The third kappa shape index (κ3) is 3.67. The summed E-state index contributed by atoms with van der Waals surface area (Å²) in [6.45, 7) is 6.56. The van der Waals surface area contributed by atoms with E-state index in [4.69, 9.17) is 5.73 Å². The molecule has 0 amide bonds. The highest BCUT2D eigenvalue weighted by molar-refractivity contribution is 5.31. The van der Waals surface area contributed by atoms with Crippen LogP contribution < -0.4 is 5.73 Å². The van der Waals surface area contributed by atoms with E-state index in [1.165, 1.54) is 29.5 Å². The molecule has 0 spiro atoms. The highest BCUT2D eigenvalue weighted by atomic mass is 14.6. The summed E-state index contributed by atoms with van der Waals surface area (Å²) in [5, 5.41) is 0. The summed E-state index contributed by atoms with van der Waals surface area (Å²) in [6, 6.07) is 7.07. The van der Waals surface area contributed by atoms with E-state index in [2.05, 4.69) is 39.0 Å². The molecule has 0 radical (unpaired) electrons. The zero-order chi connectivity index (χ0) is 11.3. The van der Waals surface area contributed by atoms with Crippen LogP contribution in [0.3, 0.4) is 0 Å². The standard InChI is InChI=1S/C14H23N/c1-4-6-13-9-12(8-7-11(13)3)10-14(15)5-2/h7-9,14H,4-6,10,15H2,1-3H3. The Balaban J connectivity index is 2.77. The van der Waals surface area contributed by atoms with Gasteiger partial charge in [-0.15, -0.1) is 0 Å². The second-order valence-electron chi connectivity index (χ2n) is 4.38. The second kappa shape index (κ2) is 5.92. The summed E-state index contributed by atoms with van der Waals surface area (Å²) in [4.78, 5) is 0. The Bertz CT molecular complexity index is 304. The normalized spacial score (nSPS) is 12.8. The van der Waals surface area contributed by atoms with E-state index in [9.17, 15) is 0 Å². The van der Waals surface area contributed by atoms with Crippen LogP contribution in [0.1, 0.15) is 43.4 Å². The van der Waals surface area contributed by atoms with Gasteiger partial charge in [0.2, 0.25) is 0 Å². The minimum absolute atomic E-state index is 0.308. The molecule has 84 valence electrons. The van der Waals surface area contributed by atoms with Crippen molar-refractivity contribution in [2.75, 3.05) is 0 Å². The lowest BCUT2D eigenvalue weighted by Gasteiger charge is -2.11. The van der Waals surface area contributed by atoms with Gasteiger partial charge < -0.3 is 5.73 Å². The van der Waals surface area contributed by atoms with Crippen molar-refractivity contribution in [1.82, 2.24) is 0 Å². The van der Waals surface area contributed by atoms with E-state index in [1.807, 2.05) is 0 Å². The van der Waals surface area contributed by atoms with E-state index in [1.54, 1.807) is 0 Å². The predicted octanol–water partition coefficient (Wildman–Crippen LogP) is 3.23. The molecule has 0 aliphatic heterocycles. The first-order chi connectivity index (χ1) is 7.17. The summed E-state index contributed by atoms with van der Waals surface area (Å²) in [6.07, 6.45) is 4.45. The fraction of sp³-hybridized carbons (Fsp3) is 0.571.